The molecule has 1 aromatic heterocycles. The fourth-order valence-corrected chi connectivity index (χ4v) is 3.52. The molecule has 0 bridgehead atoms. The van der Waals surface area contributed by atoms with Gasteiger partial charge in [-0.3, -0.25) is 4.79 Å². The zero-order chi connectivity index (χ0) is 15.1. The number of carbonyl (C=O) groups is 1. The second-order valence-electron chi connectivity index (χ2n) is 5.83. The number of aromatic nitrogens is 2. The summed E-state index contributed by atoms with van der Waals surface area (Å²) >= 11 is 0. The molecule has 0 radical (unpaired) electrons. The standard InChI is InChI=1S/C16H17N3O3/c20-13(21)8-9-1-2-12-11(7-9)15-10(3-6-22-15)14(19-12)16-17-4-5-18-16/h1-2,4-5,7,10,14-15,19H,3,6,8H2,(H,17,18)(H,20,21)/t10-,14-,15-/m1/s1. The molecule has 0 spiro atoms. The predicted molar refractivity (Wildman–Crippen MR) is 79.5 cm³/mol. The quantitative estimate of drug-likeness (QED) is 0.809. The van der Waals surface area contributed by atoms with Crippen molar-refractivity contribution in [1.29, 1.82) is 0 Å². The summed E-state index contributed by atoms with van der Waals surface area (Å²) in [5, 5.41) is 12.5. The van der Waals surface area contributed by atoms with Gasteiger partial charge in [-0.1, -0.05) is 12.1 Å². The first-order chi connectivity index (χ1) is 10.7. The van der Waals surface area contributed by atoms with Crippen molar-refractivity contribution in [2.45, 2.75) is 25.0 Å². The molecule has 4 rings (SSSR count). The molecule has 1 aromatic carbocycles. The fourth-order valence-electron chi connectivity index (χ4n) is 3.52. The van der Waals surface area contributed by atoms with Crippen molar-refractivity contribution in [3.8, 4) is 0 Å². The minimum atomic E-state index is -0.818. The normalized spacial score (nSPS) is 26.1. The molecule has 0 amide bonds. The van der Waals surface area contributed by atoms with E-state index in [4.69, 9.17) is 9.84 Å². The molecule has 6 heteroatoms. The van der Waals surface area contributed by atoms with Crippen LogP contribution in [0.5, 0.6) is 0 Å². The highest BCUT2D eigenvalue weighted by Crippen LogP contribution is 2.49. The molecule has 6 nitrogen and oxygen atoms in total. The predicted octanol–water partition coefficient (Wildman–Crippen LogP) is 2.28. The van der Waals surface area contributed by atoms with E-state index in [0.717, 1.165) is 35.7 Å². The van der Waals surface area contributed by atoms with Crippen molar-refractivity contribution >= 4 is 11.7 Å². The van der Waals surface area contributed by atoms with E-state index < -0.39 is 5.97 Å². The van der Waals surface area contributed by atoms with Crippen molar-refractivity contribution in [1.82, 2.24) is 9.97 Å². The molecule has 2 aliphatic rings. The number of rotatable bonds is 3. The number of imidazole rings is 1. The molecular formula is C16H17N3O3. The minimum Gasteiger partial charge on any atom is -0.481 e. The van der Waals surface area contributed by atoms with Crippen molar-refractivity contribution in [2.24, 2.45) is 5.92 Å². The monoisotopic (exact) mass is 299 g/mol. The Kier molecular flexibility index (Phi) is 3.11. The number of nitrogens with zero attached hydrogens (tertiary/aromatic N) is 1. The lowest BCUT2D eigenvalue weighted by molar-refractivity contribution is -0.136. The number of fused-ring (bicyclic) bond motifs is 3. The molecule has 2 aromatic rings. The van der Waals surface area contributed by atoms with E-state index in [1.807, 2.05) is 24.4 Å². The number of nitrogens with one attached hydrogen (secondary N) is 2. The molecule has 1 saturated heterocycles. The van der Waals surface area contributed by atoms with Gasteiger partial charge in [0.15, 0.2) is 0 Å². The topological polar surface area (TPSA) is 87.2 Å². The third kappa shape index (κ3) is 2.16. The third-order valence-corrected chi connectivity index (χ3v) is 4.47. The number of aliphatic carboxylic acids is 1. The summed E-state index contributed by atoms with van der Waals surface area (Å²) in [7, 11) is 0. The van der Waals surface area contributed by atoms with Gasteiger partial charge in [-0.25, -0.2) is 4.98 Å². The summed E-state index contributed by atoms with van der Waals surface area (Å²) in [5.74, 6) is 0.403. The zero-order valence-electron chi connectivity index (χ0n) is 12.0. The summed E-state index contributed by atoms with van der Waals surface area (Å²) in [6.45, 7) is 0.719. The molecular weight excluding hydrogens is 282 g/mol. The Morgan fingerprint density at radius 3 is 3.14 bits per heavy atom. The molecule has 3 atom stereocenters. The van der Waals surface area contributed by atoms with Gasteiger partial charge < -0.3 is 20.1 Å². The summed E-state index contributed by atoms with van der Waals surface area (Å²) in [6, 6.07) is 5.86. The van der Waals surface area contributed by atoms with Gasteiger partial charge in [-0.2, -0.15) is 0 Å². The van der Waals surface area contributed by atoms with Crippen LogP contribution in [0.3, 0.4) is 0 Å². The van der Waals surface area contributed by atoms with Crippen molar-refractivity contribution in [3.05, 3.63) is 47.5 Å². The lowest BCUT2D eigenvalue weighted by atomic mass is 9.83. The first-order valence-corrected chi connectivity index (χ1v) is 7.44. The summed E-state index contributed by atoms with van der Waals surface area (Å²) in [4.78, 5) is 18.5. The average molecular weight is 299 g/mol. The molecule has 3 N–H and O–H groups in total. The molecule has 114 valence electrons. The summed E-state index contributed by atoms with van der Waals surface area (Å²) < 4.78 is 5.94. The smallest absolute Gasteiger partial charge is 0.307 e. The molecule has 0 aliphatic carbocycles. The van der Waals surface area contributed by atoms with Crippen molar-refractivity contribution in [3.63, 3.8) is 0 Å². The number of carboxylic acid groups (broad SMARTS) is 1. The van der Waals surface area contributed by atoms with E-state index in [9.17, 15) is 4.79 Å². The fraction of sp³-hybridized carbons (Fsp3) is 0.375. The van der Waals surface area contributed by atoms with Crippen LogP contribution in [0.2, 0.25) is 0 Å². The minimum absolute atomic E-state index is 0.0000879. The van der Waals surface area contributed by atoms with E-state index >= 15 is 0 Å². The third-order valence-electron chi connectivity index (χ3n) is 4.47. The molecule has 0 unspecified atom stereocenters. The number of carboxylic acids is 1. The first-order valence-electron chi connectivity index (χ1n) is 7.44. The van der Waals surface area contributed by atoms with Crippen LogP contribution >= 0.6 is 0 Å². The Hall–Kier alpha value is -2.34. The molecule has 0 saturated carbocycles. The number of hydrogen-bond donors (Lipinski definition) is 3. The SMILES string of the molecule is O=C(O)Cc1ccc2c(c1)[C@@H]1OCC[C@@H]1[C@H](c1ncc[nH]1)N2. The van der Waals surface area contributed by atoms with Crippen LogP contribution < -0.4 is 5.32 Å². The molecule has 3 heterocycles. The summed E-state index contributed by atoms with van der Waals surface area (Å²) in [5.41, 5.74) is 2.86. The Bertz CT molecular complexity index is 699. The van der Waals surface area contributed by atoms with Crippen molar-refractivity contribution < 1.29 is 14.6 Å². The van der Waals surface area contributed by atoms with Crippen LogP contribution in [0.25, 0.3) is 0 Å². The second kappa shape index (κ2) is 5.14. The van der Waals surface area contributed by atoms with Crippen LogP contribution in [0.15, 0.2) is 30.6 Å². The van der Waals surface area contributed by atoms with E-state index in [0.29, 0.717) is 5.92 Å². The van der Waals surface area contributed by atoms with E-state index in [-0.39, 0.29) is 18.6 Å². The van der Waals surface area contributed by atoms with Gasteiger partial charge in [-0.15, -0.1) is 0 Å². The average Bonchev–Trinajstić information content (AvgIpc) is 3.17. The van der Waals surface area contributed by atoms with Gasteiger partial charge in [0.25, 0.3) is 0 Å². The van der Waals surface area contributed by atoms with E-state index in [2.05, 4.69) is 15.3 Å². The van der Waals surface area contributed by atoms with Crippen LogP contribution in [-0.4, -0.2) is 27.7 Å². The number of aromatic amines is 1. The Labute approximate surface area is 127 Å². The van der Waals surface area contributed by atoms with Gasteiger partial charge in [0.05, 0.1) is 18.6 Å². The Morgan fingerprint density at radius 1 is 1.45 bits per heavy atom. The largest absolute Gasteiger partial charge is 0.481 e. The van der Waals surface area contributed by atoms with Gasteiger partial charge in [0.2, 0.25) is 0 Å². The van der Waals surface area contributed by atoms with Gasteiger partial charge in [0, 0.05) is 36.2 Å². The lowest BCUT2D eigenvalue weighted by Gasteiger charge is -2.35. The van der Waals surface area contributed by atoms with Crippen LogP contribution in [0.4, 0.5) is 5.69 Å². The van der Waals surface area contributed by atoms with E-state index in [1.54, 1.807) is 6.20 Å². The molecule has 1 fully saturated rings. The zero-order valence-corrected chi connectivity index (χ0v) is 12.0. The van der Waals surface area contributed by atoms with Gasteiger partial charge in [0.1, 0.15) is 5.82 Å². The second-order valence-corrected chi connectivity index (χ2v) is 5.83. The summed E-state index contributed by atoms with van der Waals surface area (Å²) in [6.07, 6.45) is 4.58. The Balaban J connectivity index is 1.72. The van der Waals surface area contributed by atoms with Crippen LogP contribution in [-0.2, 0) is 16.0 Å². The highest BCUT2D eigenvalue weighted by molar-refractivity contribution is 5.71. The van der Waals surface area contributed by atoms with Gasteiger partial charge >= 0.3 is 5.97 Å². The van der Waals surface area contributed by atoms with Gasteiger partial charge in [-0.05, 0) is 18.1 Å². The Morgan fingerprint density at radius 2 is 2.36 bits per heavy atom. The molecule has 2 aliphatic heterocycles. The lowest BCUT2D eigenvalue weighted by Crippen LogP contribution is -2.30. The maximum Gasteiger partial charge on any atom is 0.307 e. The maximum absolute atomic E-state index is 10.9. The van der Waals surface area contributed by atoms with E-state index in [1.165, 1.54) is 0 Å². The molecule has 22 heavy (non-hydrogen) atoms. The highest BCUT2D eigenvalue weighted by Gasteiger charge is 2.42. The van der Waals surface area contributed by atoms with Crippen LogP contribution in [0.1, 0.15) is 35.5 Å². The number of ether oxygens (including phenoxy) is 1. The first kappa shape index (κ1) is 13.3. The number of hydrogen-bond acceptors (Lipinski definition) is 4. The number of H-pyrrole nitrogens is 1. The highest BCUT2D eigenvalue weighted by atomic mass is 16.5. The number of benzene rings is 1. The van der Waals surface area contributed by atoms with Crippen LogP contribution in [0, 0.1) is 5.92 Å². The maximum atomic E-state index is 10.9. The van der Waals surface area contributed by atoms with Crippen molar-refractivity contribution in [2.75, 3.05) is 11.9 Å². The number of anilines is 1.